The Morgan fingerprint density at radius 3 is 2.47 bits per heavy atom. The minimum absolute atomic E-state index is 0.141. The zero-order chi connectivity index (χ0) is 13.3. The summed E-state index contributed by atoms with van der Waals surface area (Å²) in [6.45, 7) is 4.55. The van der Waals surface area contributed by atoms with Gasteiger partial charge in [0.15, 0.2) is 0 Å². The molecule has 0 saturated carbocycles. The minimum Gasteiger partial charge on any atom is -0.448 e. The predicted octanol–water partition coefficient (Wildman–Crippen LogP) is -0.387. The highest BCUT2D eigenvalue weighted by Crippen LogP contribution is 2.18. The van der Waals surface area contributed by atoms with Gasteiger partial charge in [-0.2, -0.15) is 17.4 Å². The zero-order valence-electron chi connectivity index (χ0n) is 10.6. The molecule has 0 aromatic carbocycles. The first-order chi connectivity index (χ1) is 7.67. The average Bonchev–Trinajstić information content (AvgIpc) is 2.62. The molecule has 100 valence electrons. The molecule has 0 aliphatic carbocycles. The number of nitrogens with one attached hydrogen (secondary N) is 1. The number of rotatable bonds is 5. The number of carbonyl (C=O) groups is 1. The quantitative estimate of drug-likeness (QED) is 0.734. The van der Waals surface area contributed by atoms with Crippen molar-refractivity contribution >= 4 is 16.3 Å². The van der Waals surface area contributed by atoms with Gasteiger partial charge in [0.25, 0.3) is 10.2 Å². The monoisotopic (exact) mass is 265 g/mol. The molecule has 1 rings (SSSR count). The number of hydrogen-bond donors (Lipinski definition) is 1. The standard InChI is InChI=1S/C9H19N3O4S/c1-9(2,12-5-6-16-8(12)13)7-10-17(14,15)11(3)4/h10H,5-7H2,1-4H3. The maximum absolute atomic E-state index is 11.6. The largest absolute Gasteiger partial charge is 0.448 e. The first-order valence-corrected chi connectivity index (χ1v) is 6.72. The van der Waals surface area contributed by atoms with Crippen LogP contribution in [0.4, 0.5) is 4.79 Å². The molecule has 1 aliphatic rings. The number of carbonyl (C=O) groups excluding carboxylic acids is 1. The molecule has 0 aromatic heterocycles. The van der Waals surface area contributed by atoms with Gasteiger partial charge in [-0.05, 0) is 13.8 Å². The van der Waals surface area contributed by atoms with Crippen molar-refractivity contribution < 1.29 is 17.9 Å². The Balaban J connectivity index is 2.64. The molecule has 0 radical (unpaired) electrons. The summed E-state index contributed by atoms with van der Waals surface area (Å²) >= 11 is 0. The van der Waals surface area contributed by atoms with Gasteiger partial charge in [-0.15, -0.1) is 0 Å². The summed E-state index contributed by atoms with van der Waals surface area (Å²) in [5.41, 5.74) is -0.614. The molecule has 7 nitrogen and oxygen atoms in total. The van der Waals surface area contributed by atoms with Gasteiger partial charge in [-0.25, -0.2) is 4.79 Å². The van der Waals surface area contributed by atoms with Crippen LogP contribution in [0.3, 0.4) is 0 Å². The van der Waals surface area contributed by atoms with Crippen LogP contribution in [0.5, 0.6) is 0 Å². The van der Waals surface area contributed by atoms with Crippen LogP contribution in [0, 0.1) is 0 Å². The molecule has 8 heteroatoms. The van der Waals surface area contributed by atoms with E-state index in [1.807, 2.05) is 0 Å². The van der Waals surface area contributed by atoms with E-state index in [-0.39, 0.29) is 6.54 Å². The highest BCUT2D eigenvalue weighted by Gasteiger charge is 2.36. The molecule has 0 aromatic rings. The predicted molar refractivity (Wildman–Crippen MR) is 62.7 cm³/mol. The minimum atomic E-state index is -3.47. The Labute approximate surface area is 102 Å². The van der Waals surface area contributed by atoms with Crippen LogP contribution in [-0.4, -0.2) is 63.0 Å². The normalized spacial score (nSPS) is 17.7. The topological polar surface area (TPSA) is 79.0 Å². The Kier molecular flexibility index (Phi) is 4.00. The molecule has 0 spiro atoms. The van der Waals surface area contributed by atoms with Crippen molar-refractivity contribution in [3.05, 3.63) is 0 Å². The average molecular weight is 265 g/mol. The van der Waals surface area contributed by atoms with Crippen LogP contribution in [0.25, 0.3) is 0 Å². The molecular weight excluding hydrogens is 246 g/mol. The van der Waals surface area contributed by atoms with Crippen molar-refractivity contribution in [2.45, 2.75) is 19.4 Å². The number of cyclic esters (lactones) is 1. The second kappa shape index (κ2) is 4.79. The summed E-state index contributed by atoms with van der Waals surface area (Å²) < 4.78 is 31.5. The van der Waals surface area contributed by atoms with E-state index in [9.17, 15) is 13.2 Å². The lowest BCUT2D eigenvalue weighted by atomic mass is 10.0. The molecule has 1 N–H and O–H groups in total. The molecule has 0 atom stereocenters. The van der Waals surface area contributed by atoms with Gasteiger partial charge in [0.2, 0.25) is 0 Å². The lowest BCUT2D eigenvalue weighted by molar-refractivity contribution is 0.127. The van der Waals surface area contributed by atoms with Gasteiger partial charge in [-0.3, -0.25) is 4.90 Å². The second-order valence-corrected chi connectivity index (χ2v) is 6.66. The van der Waals surface area contributed by atoms with E-state index in [1.54, 1.807) is 13.8 Å². The van der Waals surface area contributed by atoms with Crippen LogP contribution < -0.4 is 4.72 Å². The first kappa shape index (κ1) is 14.2. The van der Waals surface area contributed by atoms with Crippen LogP contribution in [0.2, 0.25) is 0 Å². The van der Waals surface area contributed by atoms with E-state index >= 15 is 0 Å². The first-order valence-electron chi connectivity index (χ1n) is 5.28. The van der Waals surface area contributed by atoms with E-state index in [1.165, 1.54) is 19.0 Å². The number of nitrogens with zero attached hydrogens (tertiary/aromatic N) is 2. The van der Waals surface area contributed by atoms with E-state index < -0.39 is 21.8 Å². The molecule has 1 aliphatic heterocycles. The van der Waals surface area contributed by atoms with E-state index in [0.717, 1.165) is 4.31 Å². The van der Waals surface area contributed by atoms with Crippen molar-refractivity contribution in [3.8, 4) is 0 Å². The highest BCUT2D eigenvalue weighted by molar-refractivity contribution is 7.87. The van der Waals surface area contributed by atoms with Gasteiger partial charge in [0.1, 0.15) is 6.61 Å². The molecule has 1 fully saturated rings. The molecular formula is C9H19N3O4S. The fourth-order valence-electron chi connectivity index (χ4n) is 1.44. The van der Waals surface area contributed by atoms with Crippen molar-refractivity contribution in [3.63, 3.8) is 0 Å². The second-order valence-electron chi connectivity index (χ2n) is 4.69. The third-order valence-electron chi connectivity index (χ3n) is 2.66. The zero-order valence-corrected chi connectivity index (χ0v) is 11.4. The van der Waals surface area contributed by atoms with Crippen molar-refractivity contribution in [2.24, 2.45) is 0 Å². The lowest BCUT2D eigenvalue weighted by Crippen LogP contribution is -2.53. The third kappa shape index (κ3) is 3.30. The van der Waals surface area contributed by atoms with Gasteiger partial charge in [0, 0.05) is 20.6 Å². The molecule has 17 heavy (non-hydrogen) atoms. The smallest absolute Gasteiger partial charge is 0.410 e. The summed E-state index contributed by atoms with van der Waals surface area (Å²) in [7, 11) is -0.586. The van der Waals surface area contributed by atoms with E-state index in [0.29, 0.717) is 13.2 Å². The third-order valence-corrected chi connectivity index (χ3v) is 4.13. The van der Waals surface area contributed by atoms with Crippen LogP contribution >= 0.6 is 0 Å². The summed E-state index contributed by atoms with van der Waals surface area (Å²) in [5.74, 6) is 0. The molecule has 1 amide bonds. The van der Waals surface area contributed by atoms with Crippen molar-refractivity contribution in [2.75, 3.05) is 33.8 Å². The lowest BCUT2D eigenvalue weighted by Gasteiger charge is -2.33. The van der Waals surface area contributed by atoms with Crippen molar-refractivity contribution in [1.29, 1.82) is 0 Å². The van der Waals surface area contributed by atoms with Crippen LogP contribution in [-0.2, 0) is 14.9 Å². The highest BCUT2D eigenvalue weighted by atomic mass is 32.2. The Bertz CT molecular complexity index is 391. The maximum atomic E-state index is 11.6. The Morgan fingerprint density at radius 2 is 2.06 bits per heavy atom. The van der Waals surface area contributed by atoms with Gasteiger partial charge < -0.3 is 4.74 Å². The van der Waals surface area contributed by atoms with E-state index in [4.69, 9.17) is 4.74 Å². The fourth-order valence-corrected chi connectivity index (χ4v) is 2.23. The van der Waals surface area contributed by atoms with E-state index in [2.05, 4.69) is 4.72 Å². The maximum Gasteiger partial charge on any atom is 0.410 e. The van der Waals surface area contributed by atoms with Gasteiger partial charge in [0.05, 0.1) is 12.1 Å². The molecule has 1 saturated heterocycles. The summed E-state index contributed by atoms with van der Waals surface area (Å²) in [4.78, 5) is 12.9. The SMILES string of the molecule is CN(C)S(=O)(=O)NCC(C)(C)N1CCOC1=O. The molecule has 1 heterocycles. The van der Waals surface area contributed by atoms with Crippen LogP contribution in [0.15, 0.2) is 0 Å². The number of amides is 1. The fraction of sp³-hybridized carbons (Fsp3) is 0.889. The molecule has 0 unspecified atom stereocenters. The van der Waals surface area contributed by atoms with Crippen LogP contribution in [0.1, 0.15) is 13.8 Å². The number of ether oxygens (including phenoxy) is 1. The Hall–Kier alpha value is -0.860. The summed E-state index contributed by atoms with van der Waals surface area (Å²) in [6, 6.07) is 0. The summed E-state index contributed by atoms with van der Waals surface area (Å²) in [5, 5.41) is 0. The van der Waals surface area contributed by atoms with Gasteiger partial charge in [-0.1, -0.05) is 0 Å². The Morgan fingerprint density at radius 1 is 1.47 bits per heavy atom. The number of hydrogen-bond acceptors (Lipinski definition) is 4. The van der Waals surface area contributed by atoms with Gasteiger partial charge >= 0.3 is 6.09 Å². The molecule has 0 bridgehead atoms. The summed E-state index contributed by atoms with van der Waals surface area (Å²) in [6.07, 6.45) is -0.404. The van der Waals surface area contributed by atoms with Crippen molar-refractivity contribution in [1.82, 2.24) is 13.9 Å².